The summed E-state index contributed by atoms with van der Waals surface area (Å²) < 4.78 is 47.9. The molecule has 0 unspecified atom stereocenters. The van der Waals surface area contributed by atoms with Crippen molar-refractivity contribution in [2.24, 2.45) is 5.92 Å². The highest BCUT2D eigenvalue weighted by molar-refractivity contribution is 5.68. The summed E-state index contributed by atoms with van der Waals surface area (Å²) >= 11 is 0. The predicted octanol–water partition coefficient (Wildman–Crippen LogP) is 6.81. The molecule has 0 aliphatic heterocycles. The molecule has 0 amide bonds. The molecule has 8 heteroatoms. The summed E-state index contributed by atoms with van der Waals surface area (Å²) in [5.41, 5.74) is 2.93. The molecular formula is C25H29F3O5. The van der Waals surface area contributed by atoms with Crippen molar-refractivity contribution in [3.05, 3.63) is 48.0 Å². The van der Waals surface area contributed by atoms with Crippen LogP contribution < -0.4 is 9.62 Å². The second-order valence-electron chi connectivity index (χ2n) is 8.40. The lowest BCUT2D eigenvalue weighted by molar-refractivity contribution is -0.210. The highest BCUT2D eigenvalue weighted by Gasteiger charge is 2.30. The maximum atomic E-state index is 12.5. The average molecular weight is 466 g/mol. The van der Waals surface area contributed by atoms with Crippen molar-refractivity contribution in [1.29, 1.82) is 0 Å². The fraction of sp³-hybridized carbons (Fsp3) is 0.480. The standard InChI is InChI=1S/C25H29F3O5/c1-17(29)32-33-24-14-22(13-23(15-24)31-16-30-2)21-9-7-20(8-10-21)19-5-3-18(4-6-19)11-12-25(26,27)28/h7-10,13-15,18-19H,3-6,11-12,16H2,1-2H3. The third-order valence-corrected chi connectivity index (χ3v) is 5.88. The number of ether oxygens (including phenoxy) is 2. The van der Waals surface area contributed by atoms with Gasteiger partial charge in [0.1, 0.15) is 5.75 Å². The minimum absolute atomic E-state index is 0.0566. The van der Waals surface area contributed by atoms with Crippen molar-refractivity contribution >= 4 is 5.97 Å². The third kappa shape index (κ3) is 7.96. The van der Waals surface area contributed by atoms with Gasteiger partial charge in [-0.2, -0.15) is 13.2 Å². The van der Waals surface area contributed by atoms with Gasteiger partial charge in [-0.25, -0.2) is 4.79 Å². The number of carbonyl (C=O) groups excluding carboxylic acids is 1. The van der Waals surface area contributed by atoms with E-state index in [0.29, 0.717) is 17.4 Å². The Morgan fingerprint density at radius 3 is 2.24 bits per heavy atom. The number of hydrogen-bond donors (Lipinski definition) is 0. The van der Waals surface area contributed by atoms with E-state index in [1.165, 1.54) is 19.6 Å². The van der Waals surface area contributed by atoms with Crippen molar-refractivity contribution in [2.75, 3.05) is 13.9 Å². The van der Waals surface area contributed by atoms with Gasteiger partial charge in [-0.3, -0.25) is 9.78 Å². The fourth-order valence-corrected chi connectivity index (χ4v) is 4.20. The van der Waals surface area contributed by atoms with Crippen LogP contribution in [0.15, 0.2) is 42.5 Å². The maximum Gasteiger partial charge on any atom is 0.389 e. The van der Waals surface area contributed by atoms with Gasteiger partial charge < -0.3 is 9.47 Å². The van der Waals surface area contributed by atoms with Crippen LogP contribution in [0.4, 0.5) is 13.2 Å². The Balaban J connectivity index is 1.66. The smallest absolute Gasteiger partial charge is 0.389 e. The van der Waals surface area contributed by atoms with Crippen LogP contribution in [0, 0.1) is 5.92 Å². The molecular weight excluding hydrogens is 437 g/mol. The molecule has 0 aromatic heterocycles. The number of benzene rings is 2. The quantitative estimate of drug-likeness (QED) is 0.231. The van der Waals surface area contributed by atoms with Crippen LogP contribution in [0.5, 0.6) is 11.5 Å². The van der Waals surface area contributed by atoms with Gasteiger partial charge in [0.05, 0.1) is 0 Å². The van der Waals surface area contributed by atoms with E-state index in [1.54, 1.807) is 12.1 Å². The number of alkyl halides is 3. The van der Waals surface area contributed by atoms with Gasteiger partial charge in [0, 0.05) is 26.5 Å². The highest BCUT2D eigenvalue weighted by Crippen LogP contribution is 2.39. The molecule has 2 aromatic carbocycles. The van der Waals surface area contributed by atoms with Crippen LogP contribution >= 0.6 is 0 Å². The number of rotatable bonds is 9. The van der Waals surface area contributed by atoms with Crippen LogP contribution in [-0.4, -0.2) is 26.0 Å². The van der Waals surface area contributed by atoms with Crippen molar-refractivity contribution < 1.29 is 37.2 Å². The van der Waals surface area contributed by atoms with Gasteiger partial charge in [0.15, 0.2) is 12.5 Å². The molecule has 0 radical (unpaired) electrons. The molecule has 0 saturated heterocycles. The number of hydrogen-bond acceptors (Lipinski definition) is 5. The molecule has 0 N–H and O–H groups in total. The molecule has 0 spiro atoms. The van der Waals surface area contributed by atoms with Crippen LogP contribution in [-0.2, 0) is 14.4 Å². The van der Waals surface area contributed by atoms with Crippen molar-refractivity contribution in [1.82, 2.24) is 0 Å². The van der Waals surface area contributed by atoms with Gasteiger partial charge in [0.25, 0.3) is 0 Å². The Hall–Kier alpha value is -2.74. The summed E-state index contributed by atoms with van der Waals surface area (Å²) in [4.78, 5) is 20.8. The number of carbonyl (C=O) groups is 1. The SMILES string of the molecule is COCOc1cc(OOC(C)=O)cc(-c2ccc(C3CCC(CCC(F)(F)F)CC3)cc2)c1. The van der Waals surface area contributed by atoms with E-state index in [2.05, 4.69) is 17.0 Å². The summed E-state index contributed by atoms with van der Waals surface area (Å²) in [5, 5.41) is 0. The molecule has 1 aliphatic carbocycles. The topological polar surface area (TPSA) is 54.0 Å². The zero-order valence-electron chi connectivity index (χ0n) is 18.8. The summed E-state index contributed by atoms with van der Waals surface area (Å²) in [5.74, 6) is 0.762. The van der Waals surface area contributed by atoms with Crippen LogP contribution in [0.1, 0.15) is 56.9 Å². The zero-order valence-corrected chi connectivity index (χ0v) is 18.8. The molecule has 1 saturated carbocycles. The van der Waals surface area contributed by atoms with E-state index in [1.807, 2.05) is 18.2 Å². The molecule has 5 nitrogen and oxygen atoms in total. The van der Waals surface area contributed by atoms with E-state index >= 15 is 0 Å². The van der Waals surface area contributed by atoms with Gasteiger partial charge in [-0.05, 0) is 72.8 Å². The van der Waals surface area contributed by atoms with Crippen molar-refractivity contribution in [2.45, 2.75) is 57.5 Å². The van der Waals surface area contributed by atoms with Crippen LogP contribution in [0.2, 0.25) is 0 Å². The Kier molecular flexibility index (Phi) is 8.61. The van der Waals surface area contributed by atoms with Gasteiger partial charge in [0.2, 0.25) is 0 Å². The van der Waals surface area contributed by atoms with Gasteiger partial charge in [-0.15, -0.1) is 0 Å². The van der Waals surface area contributed by atoms with E-state index in [0.717, 1.165) is 36.8 Å². The zero-order chi connectivity index (χ0) is 23.8. The summed E-state index contributed by atoms with van der Waals surface area (Å²) in [6.07, 6.45) is -1.05. The Morgan fingerprint density at radius 1 is 0.970 bits per heavy atom. The van der Waals surface area contributed by atoms with E-state index in [9.17, 15) is 18.0 Å². The molecule has 0 bridgehead atoms. The third-order valence-electron chi connectivity index (χ3n) is 5.88. The Bertz CT molecular complexity index is 903. The van der Waals surface area contributed by atoms with Crippen LogP contribution in [0.25, 0.3) is 11.1 Å². The molecule has 2 aromatic rings. The first-order valence-corrected chi connectivity index (χ1v) is 11.0. The second kappa shape index (κ2) is 11.4. The van der Waals surface area contributed by atoms with Gasteiger partial charge in [-0.1, -0.05) is 24.3 Å². The predicted molar refractivity (Wildman–Crippen MR) is 117 cm³/mol. The Morgan fingerprint density at radius 2 is 1.64 bits per heavy atom. The highest BCUT2D eigenvalue weighted by atomic mass is 19.4. The summed E-state index contributed by atoms with van der Waals surface area (Å²) in [6.45, 7) is 1.30. The lowest BCUT2D eigenvalue weighted by Gasteiger charge is -2.29. The minimum atomic E-state index is -4.07. The first-order chi connectivity index (χ1) is 15.7. The fourth-order valence-electron chi connectivity index (χ4n) is 4.20. The van der Waals surface area contributed by atoms with E-state index in [4.69, 9.17) is 14.4 Å². The lowest BCUT2D eigenvalue weighted by Crippen LogP contribution is -2.16. The van der Waals surface area contributed by atoms with E-state index in [-0.39, 0.29) is 19.1 Å². The first-order valence-electron chi connectivity index (χ1n) is 11.0. The molecule has 1 fully saturated rings. The molecule has 1 aliphatic rings. The maximum absolute atomic E-state index is 12.5. The average Bonchev–Trinajstić information content (AvgIpc) is 2.80. The number of methoxy groups -OCH3 is 1. The van der Waals surface area contributed by atoms with E-state index < -0.39 is 18.6 Å². The summed E-state index contributed by atoms with van der Waals surface area (Å²) in [6, 6.07) is 13.3. The normalized spacial score (nSPS) is 18.6. The first kappa shape index (κ1) is 24.9. The molecule has 33 heavy (non-hydrogen) atoms. The van der Waals surface area contributed by atoms with Gasteiger partial charge >= 0.3 is 12.1 Å². The Labute approximate surface area is 191 Å². The minimum Gasteiger partial charge on any atom is -0.467 e. The molecule has 0 atom stereocenters. The summed E-state index contributed by atoms with van der Waals surface area (Å²) in [7, 11) is 1.52. The van der Waals surface area contributed by atoms with Crippen molar-refractivity contribution in [3.63, 3.8) is 0 Å². The second-order valence-corrected chi connectivity index (χ2v) is 8.40. The monoisotopic (exact) mass is 466 g/mol. The molecule has 0 heterocycles. The molecule has 180 valence electrons. The molecule has 3 rings (SSSR count). The number of halogens is 3. The lowest BCUT2D eigenvalue weighted by atomic mass is 9.77. The van der Waals surface area contributed by atoms with Crippen LogP contribution in [0.3, 0.4) is 0 Å². The van der Waals surface area contributed by atoms with Crippen molar-refractivity contribution in [3.8, 4) is 22.6 Å². The largest absolute Gasteiger partial charge is 0.467 e.